The molecule has 1 N–H and O–H groups in total. The molecule has 0 aliphatic carbocycles. The first kappa shape index (κ1) is 22.4. The number of piperidine rings is 1. The smallest absolute Gasteiger partial charge is 0.231 e. The summed E-state index contributed by atoms with van der Waals surface area (Å²) in [5.74, 6) is 1.23. The van der Waals surface area contributed by atoms with E-state index in [2.05, 4.69) is 5.32 Å². The molecule has 4 rings (SSSR count). The largest absolute Gasteiger partial charge is 0.454 e. The van der Waals surface area contributed by atoms with Crippen LogP contribution in [-0.2, 0) is 25.0 Å². The van der Waals surface area contributed by atoms with Crippen molar-refractivity contribution in [3.05, 3.63) is 23.8 Å². The molecule has 3 aliphatic heterocycles. The highest BCUT2D eigenvalue weighted by atomic mass is 32.2. The molecule has 1 aromatic carbocycles. The zero-order valence-corrected chi connectivity index (χ0v) is 18.9. The van der Waals surface area contributed by atoms with E-state index in [0.29, 0.717) is 45.6 Å². The molecule has 172 valence electrons. The third-order valence-corrected chi connectivity index (χ3v) is 8.69. The molecule has 2 fully saturated rings. The van der Waals surface area contributed by atoms with Gasteiger partial charge < -0.3 is 19.5 Å². The summed E-state index contributed by atoms with van der Waals surface area (Å²) >= 11 is 0. The Morgan fingerprint density at radius 3 is 2.77 bits per heavy atom. The minimum atomic E-state index is -3.29. The van der Waals surface area contributed by atoms with Gasteiger partial charge in [0, 0.05) is 38.3 Å². The fraction of sp³-hybridized carbons (Fsp3) is 0.682. The number of hydrogen-bond acceptors (Lipinski definition) is 6. The summed E-state index contributed by atoms with van der Waals surface area (Å²) in [5, 5.41) is 3.15. The van der Waals surface area contributed by atoms with Crippen molar-refractivity contribution >= 4 is 15.9 Å². The predicted octanol–water partition coefficient (Wildman–Crippen LogP) is 2.03. The lowest BCUT2D eigenvalue weighted by Gasteiger charge is -2.39. The van der Waals surface area contributed by atoms with Crippen LogP contribution in [0.15, 0.2) is 18.2 Å². The van der Waals surface area contributed by atoms with Gasteiger partial charge in [-0.1, -0.05) is 13.0 Å². The lowest BCUT2D eigenvalue weighted by Crippen LogP contribution is -2.49. The summed E-state index contributed by atoms with van der Waals surface area (Å²) < 4.78 is 43.0. The predicted molar refractivity (Wildman–Crippen MR) is 116 cm³/mol. The molecule has 9 heteroatoms. The summed E-state index contributed by atoms with van der Waals surface area (Å²) in [6.07, 6.45) is 3.60. The maximum Gasteiger partial charge on any atom is 0.231 e. The maximum atomic E-state index is 13.0. The lowest BCUT2D eigenvalue weighted by atomic mass is 9.74. The van der Waals surface area contributed by atoms with E-state index in [4.69, 9.17) is 14.2 Å². The molecule has 3 aliphatic rings. The van der Waals surface area contributed by atoms with Crippen LogP contribution < -0.4 is 14.8 Å². The van der Waals surface area contributed by atoms with Gasteiger partial charge in [0.15, 0.2) is 11.5 Å². The molecule has 1 amide bonds. The fourth-order valence-electron chi connectivity index (χ4n) is 4.75. The Balaban J connectivity index is 1.44. The van der Waals surface area contributed by atoms with Gasteiger partial charge >= 0.3 is 0 Å². The number of carbonyl (C=O) groups is 1. The highest BCUT2D eigenvalue weighted by Crippen LogP contribution is 2.40. The van der Waals surface area contributed by atoms with E-state index in [0.717, 1.165) is 29.9 Å². The second-order valence-electron chi connectivity index (χ2n) is 8.69. The van der Waals surface area contributed by atoms with Gasteiger partial charge in [0.25, 0.3) is 0 Å². The summed E-state index contributed by atoms with van der Waals surface area (Å²) in [5.41, 5.74) is 0.869. The number of sulfonamides is 1. The van der Waals surface area contributed by atoms with Crippen molar-refractivity contribution in [2.24, 2.45) is 5.92 Å². The number of nitrogens with one attached hydrogen (secondary N) is 1. The first-order valence-electron chi connectivity index (χ1n) is 11.2. The highest BCUT2D eigenvalue weighted by Gasteiger charge is 2.38. The number of carbonyl (C=O) groups excluding carboxylic acids is 1. The molecule has 0 spiro atoms. The van der Waals surface area contributed by atoms with Crippen LogP contribution in [0.1, 0.15) is 44.6 Å². The Hall–Kier alpha value is -1.84. The Labute approximate surface area is 184 Å². The summed E-state index contributed by atoms with van der Waals surface area (Å²) in [6, 6.07) is 5.98. The average molecular weight is 453 g/mol. The normalized spacial score (nSPS) is 23.5. The Morgan fingerprint density at radius 1 is 1.23 bits per heavy atom. The lowest BCUT2D eigenvalue weighted by molar-refractivity contribution is -0.126. The first-order chi connectivity index (χ1) is 14.9. The summed E-state index contributed by atoms with van der Waals surface area (Å²) in [7, 11) is -3.29. The van der Waals surface area contributed by atoms with E-state index in [1.165, 1.54) is 4.31 Å². The zero-order chi connectivity index (χ0) is 21.9. The molecule has 0 saturated carbocycles. The van der Waals surface area contributed by atoms with E-state index in [-0.39, 0.29) is 36.3 Å². The SMILES string of the molecule is CCCS(=O)(=O)N1CCCC(C(=O)NCC2(c3ccc4c(c3)OCO4)CCOCC2)C1. The number of fused-ring (bicyclic) bond motifs is 1. The van der Waals surface area contributed by atoms with E-state index in [1.54, 1.807) is 0 Å². The Kier molecular flexibility index (Phi) is 6.74. The molecule has 1 atom stereocenters. The van der Waals surface area contributed by atoms with Crippen molar-refractivity contribution in [1.82, 2.24) is 9.62 Å². The van der Waals surface area contributed by atoms with E-state index < -0.39 is 10.0 Å². The minimum absolute atomic E-state index is 0.0667. The van der Waals surface area contributed by atoms with Gasteiger partial charge in [0.05, 0.1) is 11.7 Å². The van der Waals surface area contributed by atoms with Crippen LogP contribution in [0.5, 0.6) is 11.5 Å². The molecular weight excluding hydrogens is 420 g/mol. The van der Waals surface area contributed by atoms with Crippen molar-refractivity contribution in [3.8, 4) is 11.5 Å². The topological polar surface area (TPSA) is 94.2 Å². The van der Waals surface area contributed by atoms with Crippen LogP contribution in [0.2, 0.25) is 0 Å². The molecule has 3 heterocycles. The van der Waals surface area contributed by atoms with Gasteiger partial charge in [-0.2, -0.15) is 0 Å². The number of hydrogen-bond donors (Lipinski definition) is 1. The van der Waals surface area contributed by atoms with Crippen molar-refractivity contribution in [1.29, 1.82) is 0 Å². The second-order valence-corrected chi connectivity index (χ2v) is 10.8. The number of benzene rings is 1. The Morgan fingerprint density at radius 2 is 2.00 bits per heavy atom. The average Bonchev–Trinajstić information content (AvgIpc) is 3.26. The third-order valence-electron chi connectivity index (χ3n) is 6.65. The van der Waals surface area contributed by atoms with Crippen LogP contribution in [0.4, 0.5) is 0 Å². The molecule has 8 nitrogen and oxygen atoms in total. The maximum absolute atomic E-state index is 13.0. The van der Waals surface area contributed by atoms with Gasteiger partial charge in [-0.05, 0) is 49.8 Å². The first-order valence-corrected chi connectivity index (χ1v) is 12.8. The number of amides is 1. The monoisotopic (exact) mass is 452 g/mol. The standard InChI is InChI=1S/C22H32N2O6S/c1-2-12-31(26,27)24-9-3-4-17(14-24)21(25)23-15-22(7-10-28-11-8-22)18-5-6-19-20(13-18)30-16-29-19/h5-6,13,17H,2-4,7-12,14-16H2,1H3,(H,23,25). The van der Waals surface area contributed by atoms with Crippen LogP contribution in [0, 0.1) is 5.92 Å². The molecule has 0 aromatic heterocycles. The Bertz CT molecular complexity index is 897. The quantitative estimate of drug-likeness (QED) is 0.680. The molecule has 2 saturated heterocycles. The summed E-state index contributed by atoms with van der Waals surface area (Å²) in [6.45, 7) is 4.62. The van der Waals surface area contributed by atoms with Crippen molar-refractivity contribution in [2.75, 3.05) is 45.4 Å². The van der Waals surface area contributed by atoms with Crippen LogP contribution in [-0.4, -0.2) is 64.0 Å². The van der Waals surface area contributed by atoms with Crippen molar-refractivity contribution < 1.29 is 27.4 Å². The minimum Gasteiger partial charge on any atom is -0.454 e. The fourth-order valence-corrected chi connectivity index (χ4v) is 6.34. The van der Waals surface area contributed by atoms with Gasteiger partial charge in [0.2, 0.25) is 22.7 Å². The van der Waals surface area contributed by atoms with Gasteiger partial charge in [-0.15, -0.1) is 0 Å². The van der Waals surface area contributed by atoms with Crippen LogP contribution in [0.25, 0.3) is 0 Å². The van der Waals surface area contributed by atoms with Gasteiger partial charge in [-0.3, -0.25) is 4.79 Å². The third kappa shape index (κ3) is 4.83. The van der Waals surface area contributed by atoms with E-state index >= 15 is 0 Å². The second kappa shape index (κ2) is 9.34. The highest BCUT2D eigenvalue weighted by molar-refractivity contribution is 7.89. The van der Waals surface area contributed by atoms with E-state index in [1.807, 2.05) is 25.1 Å². The number of nitrogens with zero attached hydrogens (tertiary/aromatic N) is 1. The number of rotatable bonds is 7. The molecular formula is C22H32N2O6S. The summed E-state index contributed by atoms with van der Waals surface area (Å²) in [4.78, 5) is 13.0. The molecule has 1 aromatic rings. The zero-order valence-electron chi connectivity index (χ0n) is 18.1. The molecule has 31 heavy (non-hydrogen) atoms. The van der Waals surface area contributed by atoms with Crippen LogP contribution >= 0.6 is 0 Å². The molecule has 0 radical (unpaired) electrons. The van der Waals surface area contributed by atoms with E-state index in [9.17, 15) is 13.2 Å². The number of ether oxygens (including phenoxy) is 3. The molecule has 0 bridgehead atoms. The van der Waals surface area contributed by atoms with Gasteiger partial charge in [0.1, 0.15) is 0 Å². The molecule has 1 unspecified atom stereocenters. The van der Waals surface area contributed by atoms with Gasteiger partial charge in [-0.25, -0.2) is 12.7 Å². The van der Waals surface area contributed by atoms with Crippen molar-refractivity contribution in [2.45, 2.75) is 44.4 Å². The van der Waals surface area contributed by atoms with Crippen LogP contribution in [0.3, 0.4) is 0 Å². The van der Waals surface area contributed by atoms with Crippen molar-refractivity contribution in [3.63, 3.8) is 0 Å².